The fourth-order valence-corrected chi connectivity index (χ4v) is 11.1. The second-order valence-corrected chi connectivity index (χ2v) is 18.5. The molecular weight excluding hydrogens is 905 g/mol. The summed E-state index contributed by atoms with van der Waals surface area (Å²) in [6.07, 6.45) is -9.14. The lowest BCUT2D eigenvalue weighted by Crippen LogP contribution is -2.15. The summed E-state index contributed by atoms with van der Waals surface area (Å²) in [6.45, 7) is 4.64. The Hall–Kier alpha value is -8.57. The normalized spacial score (nSPS) is 13.5. The maximum Gasteiger partial charge on any atom is 0.416 e. The molecule has 0 N–H and O–H groups in total. The fourth-order valence-electron chi connectivity index (χ4n) is 11.1. The number of fused-ring (bicyclic) bond motifs is 13. The van der Waals surface area contributed by atoms with Gasteiger partial charge in [0.15, 0.2) is 17.5 Å². The lowest BCUT2D eigenvalue weighted by Gasteiger charge is -2.23. The Bertz CT molecular complexity index is 4070. The first-order valence-electron chi connectivity index (χ1n) is 23.1. The van der Waals surface area contributed by atoms with Crippen LogP contribution in [0.4, 0.5) is 26.3 Å². The topological polar surface area (TPSA) is 48.5 Å². The predicted molar refractivity (Wildman–Crippen MR) is 270 cm³/mol. The van der Waals surface area contributed by atoms with Gasteiger partial charge in [-0.25, -0.2) is 15.0 Å². The monoisotopic (exact) mass is 941 g/mol. The molecule has 11 heteroatoms. The molecular formula is C60H37F6N5. The second kappa shape index (κ2) is 15.2. The quantitative estimate of drug-likeness (QED) is 0.162. The van der Waals surface area contributed by atoms with Gasteiger partial charge in [-0.05, 0) is 82.7 Å². The third-order valence-corrected chi connectivity index (χ3v) is 14.2. The molecule has 13 rings (SSSR count). The minimum absolute atomic E-state index is 0.0591. The first kappa shape index (κ1) is 42.5. The van der Waals surface area contributed by atoms with E-state index in [9.17, 15) is 26.3 Å². The van der Waals surface area contributed by atoms with Gasteiger partial charge in [-0.1, -0.05) is 141 Å². The molecule has 1 aliphatic carbocycles. The maximum atomic E-state index is 13.7. The van der Waals surface area contributed by atoms with Gasteiger partial charge in [0.25, 0.3) is 0 Å². The van der Waals surface area contributed by atoms with Gasteiger partial charge in [0.1, 0.15) is 0 Å². The number of benzene rings is 9. The van der Waals surface area contributed by atoms with Crippen molar-refractivity contribution in [2.45, 2.75) is 31.6 Å². The summed E-state index contributed by atoms with van der Waals surface area (Å²) in [5.41, 5.74) is 10.2. The highest BCUT2D eigenvalue weighted by Gasteiger charge is 2.42. The number of alkyl halides is 6. The Morgan fingerprint density at radius 2 is 0.901 bits per heavy atom. The smallest absolute Gasteiger partial charge is 0.309 e. The van der Waals surface area contributed by atoms with Crippen LogP contribution < -0.4 is 0 Å². The Morgan fingerprint density at radius 1 is 0.408 bits per heavy atom. The number of nitrogens with zero attached hydrogens (tertiary/aromatic N) is 5. The molecule has 0 amide bonds. The van der Waals surface area contributed by atoms with Crippen LogP contribution in [0.15, 0.2) is 188 Å². The van der Waals surface area contributed by atoms with E-state index < -0.39 is 28.9 Å². The number of hydrogen-bond acceptors (Lipinski definition) is 3. The summed E-state index contributed by atoms with van der Waals surface area (Å²) in [4.78, 5) is 14.4. The first-order valence-corrected chi connectivity index (χ1v) is 23.1. The molecule has 0 radical (unpaired) electrons. The van der Waals surface area contributed by atoms with Gasteiger partial charge >= 0.3 is 12.4 Å². The first-order chi connectivity index (χ1) is 34.3. The molecule has 9 aromatic carbocycles. The highest BCUT2D eigenvalue weighted by atomic mass is 19.4. The molecule has 12 aromatic rings. The van der Waals surface area contributed by atoms with Crippen LogP contribution in [0.1, 0.15) is 36.1 Å². The van der Waals surface area contributed by atoms with E-state index in [1.807, 2.05) is 30.3 Å². The fraction of sp³-hybridized carbons (Fsp3) is 0.0833. The van der Waals surface area contributed by atoms with E-state index in [0.717, 1.165) is 90.0 Å². The molecule has 71 heavy (non-hydrogen) atoms. The third-order valence-electron chi connectivity index (χ3n) is 14.2. The van der Waals surface area contributed by atoms with Gasteiger partial charge in [0.05, 0.1) is 38.9 Å². The molecule has 0 unspecified atom stereocenters. The van der Waals surface area contributed by atoms with Crippen LogP contribution in [0.5, 0.6) is 0 Å². The van der Waals surface area contributed by atoms with E-state index >= 15 is 0 Å². The number of rotatable bonds is 5. The zero-order valence-electron chi connectivity index (χ0n) is 37.9. The summed E-state index contributed by atoms with van der Waals surface area (Å²) in [5, 5.41) is 6.11. The molecule has 0 atom stereocenters. The molecule has 1 aliphatic rings. The lowest BCUT2D eigenvalue weighted by atomic mass is 9.80. The van der Waals surface area contributed by atoms with Crippen molar-refractivity contribution in [2.24, 2.45) is 0 Å². The summed E-state index contributed by atoms with van der Waals surface area (Å²) < 4.78 is 87.0. The molecule has 5 nitrogen and oxygen atoms in total. The molecule has 0 fully saturated rings. The Balaban J connectivity index is 1.12. The molecule has 344 valence electrons. The van der Waals surface area contributed by atoms with Crippen LogP contribution in [0, 0.1) is 0 Å². The Labute approximate surface area is 401 Å². The molecule has 3 heterocycles. The zero-order chi connectivity index (χ0) is 48.6. The van der Waals surface area contributed by atoms with Crippen molar-refractivity contribution in [1.82, 2.24) is 24.1 Å². The highest BCUT2D eigenvalue weighted by Crippen LogP contribution is 2.58. The van der Waals surface area contributed by atoms with E-state index in [2.05, 4.69) is 137 Å². The van der Waals surface area contributed by atoms with Crippen LogP contribution in [0.2, 0.25) is 0 Å². The average Bonchev–Trinajstić information content (AvgIpc) is 4.00. The molecule has 0 aliphatic heterocycles. The molecule has 0 saturated heterocycles. The van der Waals surface area contributed by atoms with Crippen molar-refractivity contribution in [3.05, 3.63) is 210 Å². The Morgan fingerprint density at radius 3 is 1.51 bits per heavy atom. The van der Waals surface area contributed by atoms with Gasteiger partial charge < -0.3 is 9.13 Å². The predicted octanol–water partition coefficient (Wildman–Crippen LogP) is 16.6. The maximum absolute atomic E-state index is 13.7. The minimum atomic E-state index is -4.57. The summed E-state index contributed by atoms with van der Waals surface area (Å²) in [7, 11) is 0. The molecule has 3 aromatic heterocycles. The zero-order valence-corrected chi connectivity index (χ0v) is 37.9. The van der Waals surface area contributed by atoms with E-state index in [-0.39, 0.29) is 28.6 Å². The minimum Gasteiger partial charge on any atom is -0.309 e. The lowest BCUT2D eigenvalue weighted by molar-refractivity contribution is -0.138. The van der Waals surface area contributed by atoms with E-state index in [1.165, 1.54) is 46.5 Å². The van der Waals surface area contributed by atoms with Crippen molar-refractivity contribution >= 4 is 54.4 Å². The van der Waals surface area contributed by atoms with Crippen molar-refractivity contribution < 1.29 is 26.3 Å². The van der Waals surface area contributed by atoms with Crippen LogP contribution in [0.3, 0.4) is 0 Å². The largest absolute Gasteiger partial charge is 0.416 e. The van der Waals surface area contributed by atoms with E-state index in [1.54, 1.807) is 0 Å². The summed E-state index contributed by atoms with van der Waals surface area (Å²) in [5.74, 6) is 0.313. The summed E-state index contributed by atoms with van der Waals surface area (Å²) in [6, 6.07) is 57.3. The van der Waals surface area contributed by atoms with Crippen molar-refractivity contribution in [3.63, 3.8) is 0 Å². The van der Waals surface area contributed by atoms with Crippen molar-refractivity contribution in [2.75, 3.05) is 0 Å². The standard InChI is InChI=1S/C60H37F6N5/c1-58(2)45-21-11-8-18-42(45)49-52(58)50-43-19-9-13-23-47(43)71(54(50)51-44-20-10-12-22-46(44)70(53(49)51)38-14-4-3-5-15-38)48-33-32-41(39-16-6-7-17-40(39)48)57-68-55(34-24-28-36(29-25-34)59(61,62)63)67-56(69-57)35-26-30-37(31-27-35)60(64,65)66/h3-33H,1-2H3. The van der Waals surface area contributed by atoms with Gasteiger partial charge in [0.2, 0.25) is 0 Å². The second-order valence-electron chi connectivity index (χ2n) is 18.5. The van der Waals surface area contributed by atoms with Gasteiger partial charge in [-0.3, -0.25) is 0 Å². The van der Waals surface area contributed by atoms with Crippen LogP contribution >= 0.6 is 0 Å². The third kappa shape index (κ3) is 6.38. The number of halogens is 6. The van der Waals surface area contributed by atoms with E-state index in [4.69, 9.17) is 9.97 Å². The Kier molecular flexibility index (Phi) is 9.11. The SMILES string of the molecule is CC1(C)c2ccccc2-c2c1c1c3ccccc3n(-c3ccc(-c4nc(-c5ccc(C(F)(F)F)cc5)nc(-c5ccc(C(F)(F)F)cc5)n4)c4ccccc34)c1c1c3ccccc3n(-c3ccccc3)c21. The number of para-hydroxylation sites is 3. The van der Waals surface area contributed by atoms with Crippen molar-refractivity contribution in [3.8, 4) is 56.7 Å². The van der Waals surface area contributed by atoms with Gasteiger partial charge in [-0.2, -0.15) is 26.3 Å². The molecule has 0 spiro atoms. The van der Waals surface area contributed by atoms with Gasteiger partial charge in [-0.15, -0.1) is 0 Å². The molecule has 0 saturated carbocycles. The van der Waals surface area contributed by atoms with Crippen molar-refractivity contribution in [1.29, 1.82) is 0 Å². The summed E-state index contributed by atoms with van der Waals surface area (Å²) >= 11 is 0. The number of aromatic nitrogens is 5. The van der Waals surface area contributed by atoms with E-state index in [0.29, 0.717) is 5.56 Å². The number of hydrogen-bond donors (Lipinski definition) is 0. The molecule has 0 bridgehead atoms. The van der Waals surface area contributed by atoms with Crippen LogP contribution in [-0.4, -0.2) is 24.1 Å². The van der Waals surface area contributed by atoms with Gasteiger partial charge in [0, 0.05) is 60.3 Å². The highest BCUT2D eigenvalue weighted by molar-refractivity contribution is 6.32. The average molecular weight is 942 g/mol. The van der Waals surface area contributed by atoms with Crippen LogP contribution in [-0.2, 0) is 17.8 Å². The van der Waals surface area contributed by atoms with Crippen LogP contribution in [0.25, 0.3) is 111 Å².